The predicted octanol–water partition coefficient (Wildman–Crippen LogP) is 1.39. The van der Waals surface area contributed by atoms with Crippen molar-refractivity contribution < 1.29 is 4.79 Å². The molecule has 1 unspecified atom stereocenters. The second-order valence-corrected chi connectivity index (χ2v) is 5.02. The van der Waals surface area contributed by atoms with E-state index in [0.29, 0.717) is 5.96 Å². The van der Waals surface area contributed by atoms with Crippen molar-refractivity contribution in [2.45, 2.75) is 31.7 Å². The molecule has 1 aromatic carbocycles. The van der Waals surface area contributed by atoms with Gasteiger partial charge in [0.15, 0.2) is 12.0 Å². The van der Waals surface area contributed by atoms with Gasteiger partial charge in [-0.15, -0.1) is 0 Å². The Balaban J connectivity index is 1.96. The maximum absolute atomic E-state index is 12.0. The van der Waals surface area contributed by atoms with Crippen molar-refractivity contribution in [3.05, 3.63) is 34.9 Å². The number of nitrogens with zero attached hydrogens (tertiary/aromatic N) is 2. The van der Waals surface area contributed by atoms with E-state index in [1.807, 2.05) is 6.07 Å². The number of rotatable bonds is 1. The summed E-state index contributed by atoms with van der Waals surface area (Å²) in [5, 5.41) is 0. The molecule has 1 aliphatic heterocycles. The van der Waals surface area contributed by atoms with Crippen LogP contribution in [-0.2, 0) is 17.6 Å². The number of carbonyl (C=O) groups is 1. The highest BCUT2D eigenvalue weighted by molar-refractivity contribution is 6.04. The van der Waals surface area contributed by atoms with Gasteiger partial charge in [0.05, 0.1) is 0 Å². The van der Waals surface area contributed by atoms with E-state index in [1.54, 1.807) is 7.05 Å². The second kappa shape index (κ2) is 4.12. The fourth-order valence-corrected chi connectivity index (χ4v) is 2.71. The van der Waals surface area contributed by atoms with Crippen molar-refractivity contribution in [3.8, 4) is 0 Å². The number of benzene rings is 1. The van der Waals surface area contributed by atoms with Crippen molar-refractivity contribution >= 4 is 11.9 Å². The zero-order valence-corrected chi connectivity index (χ0v) is 10.5. The summed E-state index contributed by atoms with van der Waals surface area (Å²) in [6, 6.07) is 5.85. The van der Waals surface area contributed by atoms with Crippen LogP contribution in [0.4, 0.5) is 0 Å². The Morgan fingerprint density at radius 2 is 2.00 bits per heavy atom. The molecule has 4 heteroatoms. The van der Waals surface area contributed by atoms with Crippen molar-refractivity contribution in [1.82, 2.24) is 4.90 Å². The monoisotopic (exact) mass is 243 g/mol. The van der Waals surface area contributed by atoms with Crippen LogP contribution in [0.5, 0.6) is 0 Å². The summed E-state index contributed by atoms with van der Waals surface area (Å²) in [5.74, 6) is 0.269. The number of aliphatic imine (C=N–C) groups is 1. The molecule has 1 aromatic rings. The number of carbonyl (C=O) groups excluding carboxylic acids is 1. The first kappa shape index (κ1) is 11.3. The van der Waals surface area contributed by atoms with Gasteiger partial charge in [0, 0.05) is 7.05 Å². The Bertz CT molecular complexity index is 536. The molecule has 0 saturated heterocycles. The Morgan fingerprint density at radius 3 is 2.67 bits per heavy atom. The van der Waals surface area contributed by atoms with Crippen molar-refractivity contribution in [3.63, 3.8) is 0 Å². The van der Waals surface area contributed by atoms with E-state index in [1.165, 1.54) is 28.9 Å². The number of hydrogen-bond acceptors (Lipinski definition) is 3. The highest BCUT2D eigenvalue weighted by Crippen LogP contribution is 2.29. The van der Waals surface area contributed by atoms with Gasteiger partial charge >= 0.3 is 0 Å². The van der Waals surface area contributed by atoms with Gasteiger partial charge in [-0.25, -0.2) is 4.99 Å². The first-order valence-electron chi connectivity index (χ1n) is 6.39. The van der Waals surface area contributed by atoms with Gasteiger partial charge in [-0.1, -0.05) is 18.2 Å². The third kappa shape index (κ3) is 1.68. The zero-order valence-electron chi connectivity index (χ0n) is 10.5. The molecule has 0 fully saturated rings. The van der Waals surface area contributed by atoms with Gasteiger partial charge in [-0.2, -0.15) is 0 Å². The Morgan fingerprint density at radius 1 is 1.28 bits per heavy atom. The number of guanidine groups is 1. The van der Waals surface area contributed by atoms with E-state index in [2.05, 4.69) is 17.1 Å². The summed E-state index contributed by atoms with van der Waals surface area (Å²) in [6.07, 6.45) is 4.77. The smallest absolute Gasteiger partial charge is 0.258 e. The third-order valence-corrected chi connectivity index (χ3v) is 3.86. The van der Waals surface area contributed by atoms with Crippen LogP contribution in [0.1, 0.15) is 35.6 Å². The SMILES string of the molecule is CN1C(=O)C(c2ccc3c(c2)CCCC3)N=C1N. The van der Waals surface area contributed by atoms with Gasteiger partial charge in [0.2, 0.25) is 0 Å². The minimum Gasteiger partial charge on any atom is -0.369 e. The summed E-state index contributed by atoms with van der Waals surface area (Å²) >= 11 is 0. The molecule has 0 bridgehead atoms. The molecule has 0 saturated carbocycles. The molecule has 0 aromatic heterocycles. The fraction of sp³-hybridized carbons (Fsp3) is 0.429. The highest BCUT2D eigenvalue weighted by Gasteiger charge is 2.32. The lowest BCUT2D eigenvalue weighted by atomic mass is 9.89. The van der Waals surface area contributed by atoms with Gasteiger partial charge in [-0.05, 0) is 42.4 Å². The Hall–Kier alpha value is -1.84. The van der Waals surface area contributed by atoms with Crippen molar-refractivity contribution in [1.29, 1.82) is 0 Å². The normalized spacial score (nSPS) is 22.9. The lowest BCUT2D eigenvalue weighted by Crippen LogP contribution is -2.34. The number of amides is 1. The van der Waals surface area contributed by atoms with Gasteiger partial charge in [-0.3, -0.25) is 9.69 Å². The van der Waals surface area contributed by atoms with E-state index in [-0.39, 0.29) is 5.91 Å². The summed E-state index contributed by atoms with van der Waals surface area (Å²) in [4.78, 5) is 17.7. The van der Waals surface area contributed by atoms with E-state index < -0.39 is 6.04 Å². The molecule has 4 nitrogen and oxygen atoms in total. The summed E-state index contributed by atoms with van der Waals surface area (Å²) in [6.45, 7) is 0. The number of nitrogens with two attached hydrogens (primary N) is 1. The topological polar surface area (TPSA) is 58.7 Å². The van der Waals surface area contributed by atoms with Crippen LogP contribution in [0.3, 0.4) is 0 Å². The molecule has 2 N–H and O–H groups in total. The number of fused-ring (bicyclic) bond motifs is 1. The number of likely N-dealkylation sites (N-methyl/N-ethyl adjacent to an activating group) is 1. The molecule has 18 heavy (non-hydrogen) atoms. The lowest BCUT2D eigenvalue weighted by molar-refractivity contribution is -0.126. The zero-order chi connectivity index (χ0) is 12.7. The van der Waals surface area contributed by atoms with Crippen molar-refractivity contribution in [2.24, 2.45) is 10.7 Å². The molecular formula is C14H17N3O. The summed E-state index contributed by atoms with van der Waals surface area (Å²) in [7, 11) is 1.67. The molecule has 1 aliphatic carbocycles. The third-order valence-electron chi connectivity index (χ3n) is 3.86. The first-order chi connectivity index (χ1) is 8.66. The lowest BCUT2D eigenvalue weighted by Gasteiger charge is -2.17. The first-order valence-corrected chi connectivity index (χ1v) is 6.39. The molecule has 1 amide bonds. The Kier molecular flexibility index (Phi) is 2.58. The van der Waals surface area contributed by atoms with E-state index in [0.717, 1.165) is 18.4 Å². The van der Waals surface area contributed by atoms with Crippen LogP contribution in [0.15, 0.2) is 23.2 Å². The molecule has 2 aliphatic rings. The molecule has 3 rings (SSSR count). The summed E-state index contributed by atoms with van der Waals surface area (Å²) < 4.78 is 0. The average molecular weight is 243 g/mol. The maximum atomic E-state index is 12.0. The minimum atomic E-state index is -0.442. The fourth-order valence-electron chi connectivity index (χ4n) is 2.71. The van der Waals surface area contributed by atoms with Crippen LogP contribution in [0, 0.1) is 0 Å². The minimum absolute atomic E-state index is 0.0386. The second-order valence-electron chi connectivity index (χ2n) is 5.02. The van der Waals surface area contributed by atoms with Crippen LogP contribution in [0.25, 0.3) is 0 Å². The van der Waals surface area contributed by atoms with Crippen LogP contribution >= 0.6 is 0 Å². The van der Waals surface area contributed by atoms with Gasteiger partial charge in [0.1, 0.15) is 0 Å². The van der Waals surface area contributed by atoms with Crippen molar-refractivity contribution in [2.75, 3.05) is 7.05 Å². The molecule has 1 heterocycles. The molecule has 94 valence electrons. The van der Waals surface area contributed by atoms with E-state index in [4.69, 9.17) is 5.73 Å². The molecule has 0 spiro atoms. The molecular weight excluding hydrogens is 226 g/mol. The Labute approximate surface area is 106 Å². The number of hydrogen-bond donors (Lipinski definition) is 1. The van der Waals surface area contributed by atoms with Gasteiger partial charge in [0.25, 0.3) is 5.91 Å². The average Bonchev–Trinajstić information content (AvgIpc) is 2.66. The molecule has 1 atom stereocenters. The summed E-state index contributed by atoms with van der Waals surface area (Å²) in [5.41, 5.74) is 9.44. The standard InChI is InChI=1S/C14H17N3O/c1-17-13(18)12(16-14(17)15)11-7-6-9-4-2-3-5-10(9)8-11/h6-8,12H,2-5H2,1H3,(H2,15,16). The maximum Gasteiger partial charge on any atom is 0.258 e. The largest absolute Gasteiger partial charge is 0.369 e. The highest BCUT2D eigenvalue weighted by atomic mass is 16.2. The van der Waals surface area contributed by atoms with Crippen LogP contribution < -0.4 is 5.73 Å². The predicted molar refractivity (Wildman–Crippen MR) is 70.2 cm³/mol. The van der Waals surface area contributed by atoms with Crippen LogP contribution in [0.2, 0.25) is 0 Å². The quantitative estimate of drug-likeness (QED) is 0.810. The molecule has 0 radical (unpaired) electrons. The number of aryl methyl sites for hydroxylation is 2. The van der Waals surface area contributed by atoms with Gasteiger partial charge < -0.3 is 5.73 Å². The van der Waals surface area contributed by atoms with E-state index in [9.17, 15) is 4.79 Å². The van der Waals surface area contributed by atoms with Crippen LogP contribution in [-0.4, -0.2) is 23.8 Å². The van der Waals surface area contributed by atoms with E-state index >= 15 is 0 Å².